The van der Waals surface area contributed by atoms with Crippen molar-refractivity contribution in [2.24, 2.45) is 0 Å². The van der Waals surface area contributed by atoms with Crippen LogP contribution in [-0.2, 0) is 21.7 Å². The molecule has 3 aromatic rings. The van der Waals surface area contributed by atoms with Gasteiger partial charge >= 0.3 is 17.9 Å². The van der Waals surface area contributed by atoms with Crippen molar-refractivity contribution >= 4 is 23.5 Å². The van der Waals surface area contributed by atoms with Crippen molar-refractivity contribution in [2.75, 3.05) is 18.0 Å². The molecule has 4 heterocycles. The van der Waals surface area contributed by atoms with Crippen LogP contribution in [0.5, 0.6) is 6.01 Å². The van der Waals surface area contributed by atoms with Crippen LogP contribution < -0.4 is 15.0 Å². The third-order valence-corrected chi connectivity index (χ3v) is 6.04. The van der Waals surface area contributed by atoms with Crippen molar-refractivity contribution < 1.29 is 28.4 Å². The molecule has 0 spiro atoms. The largest absolute Gasteiger partial charge is 0.442 e. The smallest absolute Gasteiger partial charge is 0.415 e. The highest BCUT2D eigenvalue weighted by Crippen LogP contribution is 2.37. The lowest BCUT2D eigenvalue weighted by Gasteiger charge is -2.21. The second-order valence-electron chi connectivity index (χ2n) is 8.75. The SMILES string of the molecule is CC(=O)NC[C@H]1CN(c2ccc(-c3ccc(C4(C)Cn5cc([N+](=O)[O-])nc5O4)nc3)c(F)c2)C(=O)O1. The van der Waals surface area contributed by atoms with Crippen molar-refractivity contribution in [1.29, 1.82) is 0 Å². The second-order valence-corrected chi connectivity index (χ2v) is 8.75. The molecule has 1 unspecified atom stereocenters. The first-order valence-electron chi connectivity index (χ1n) is 11.0. The minimum atomic E-state index is -0.887. The second kappa shape index (κ2) is 8.59. The van der Waals surface area contributed by atoms with E-state index in [1.54, 1.807) is 35.8 Å². The average molecular weight is 496 g/mol. The van der Waals surface area contributed by atoms with Crippen LogP contribution in [0.4, 0.5) is 20.7 Å². The van der Waals surface area contributed by atoms with E-state index in [9.17, 15) is 19.7 Å². The minimum absolute atomic E-state index is 0.136. The maximum Gasteiger partial charge on any atom is 0.415 e. The van der Waals surface area contributed by atoms with Crippen molar-refractivity contribution in [3.8, 4) is 17.1 Å². The van der Waals surface area contributed by atoms with E-state index in [1.807, 2.05) is 0 Å². The van der Waals surface area contributed by atoms with Gasteiger partial charge in [-0.1, -0.05) is 6.07 Å². The van der Waals surface area contributed by atoms with Crippen LogP contribution in [0.15, 0.2) is 42.7 Å². The summed E-state index contributed by atoms with van der Waals surface area (Å²) >= 11 is 0. The zero-order valence-corrected chi connectivity index (χ0v) is 19.3. The number of carbonyl (C=O) groups is 2. The number of amides is 2. The first kappa shape index (κ1) is 23.2. The maximum atomic E-state index is 15.0. The molecule has 12 nitrogen and oxygen atoms in total. The van der Waals surface area contributed by atoms with Gasteiger partial charge in [0.2, 0.25) is 5.91 Å². The van der Waals surface area contributed by atoms with Gasteiger partial charge in [-0.15, -0.1) is 0 Å². The topological polar surface area (TPSA) is 142 Å². The first-order chi connectivity index (χ1) is 17.1. The summed E-state index contributed by atoms with van der Waals surface area (Å²) in [5, 5.41) is 13.5. The Hall–Kier alpha value is -4.55. The lowest BCUT2D eigenvalue weighted by molar-refractivity contribution is -0.389. The molecule has 0 saturated carbocycles. The predicted molar refractivity (Wildman–Crippen MR) is 123 cm³/mol. The fourth-order valence-corrected chi connectivity index (χ4v) is 4.23. The summed E-state index contributed by atoms with van der Waals surface area (Å²) in [6, 6.07) is 7.95. The van der Waals surface area contributed by atoms with Gasteiger partial charge in [-0.3, -0.25) is 19.2 Å². The molecule has 0 radical (unpaired) electrons. The van der Waals surface area contributed by atoms with Gasteiger partial charge in [-0.25, -0.2) is 9.18 Å². The number of nitrogens with one attached hydrogen (secondary N) is 1. The third kappa shape index (κ3) is 4.19. The van der Waals surface area contributed by atoms with Gasteiger partial charge in [0.05, 0.1) is 31.0 Å². The van der Waals surface area contributed by atoms with E-state index in [-0.39, 0.29) is 37.4 Å². The Morgan fingerprint density at radius 1 is 1.36 bits per heavy atom. The molecule has 2 aliphatic heterocycles. The number of hydrogen-bond acceptors (Lipinski definition) is 8. The summed E-state index contributed by atoms with van der Waals surface area (Å²) in [7, 11) is 0. The Morgan fingerprint density at radius 3 is 2.81 bits per heavy atom. The molecule has 186 valence electrons. The highest BCUT2D eigenvalue weighted by molar-refractivity contribution is 5.90. The number of imidazole rings is 1. The number of carbonyl (C=O) groups excluding carboxylic acids is 2. The Morgan fingerprint density at radius 2 is 2.17 bits per heavy atom. The third-order valence-electron chi connectivity index (χ3n) is 6.04. The molecule has 13 heteroatoms. The monoisotopic (exact) mass is 496 g/mol. The van der Waals surface area contributed by atoms with E-state index in [2.05, 4.69) is 15.3 Å². The first-order valence-corrected chi connectivity index (χ1v) is 11.0. The van der Waals surface area contributed by atoms with E-state index < -0.39 is 28.5 Å². The number of rotatable bonds is 6. The molecule has 2 aromatic heterocycles. The molecule has 0 aliphatic carbocycles. The van der Waals surface area contributed by atoms with Crippen molar-refractivity contribution in [3.63, 3.8) is 0 Å². The van der Waals surface area contributed by atoms with E-state index >= 15 is 4.39 Å². The van der Waals surface area contributed by atoms with Gasteiger partial charge < -0.3 is 24.9 Å². The molecule has 2 amide bonds. The summed E-state index contributed by atoms with van der Waals surface area (Å²) in [6.07, 6.45) is 1.69. The molecule has 1 aromatic carbocycles. The van der Waals surface area contributed by atoms with E-state index in [0.717, 1.165) is 0 Å². The lowest BCUT2D eigenvalue weighted by Crippen LogP contribution is -2.33. The number of nitrogens with zero attached hydrogens (tertiary/aromatic N) is 5. The highest BCUT2D eigenvalue weighted by Gasteiger charge is 2.42. The van der Waals surface area contributed by atoms with E-state index in [4.69, 9.17) is 9.47 Å². The van der Waals surface area contributed by atoms with Crippen molar-refractivity contribution in [1.82, 2.24) is 19.9 Å². The van der Waals surface area contributed by atoms with Gasteiger partial charge in [0.1, 0.15) is 18.1 Å². The van der Waals surface area contributed by atoms with Gasteiger partial charge in [0.25, 0.3) is 0 Å². The van der Waals surface area contributed by atoms with E-state index in [1.165, 1.54) is 30.3 Å². The van der Waals surface area contributed by atoms with Crippen LogP contribution in [-0.4, -0.2) is 50.7 Å². The summed E-state index contributed by atoms with van der Waals surface area (Å²) in [5.41, 5.74) is 0.821. The lowest BCUT2D eigenvalue weighted by atomic mass is 9.99. The number of fused-ring (bicyclic) bond motifs is 1. The molecular formula is C23H21FN6O6. The number of hydrogen-bond donors (Lipinski definition) is 1. The zero-order valence-electron chi connectivity index (χ0n) is 19.3. The standard InChI is InChI=1S/C23H21FN6O6/c1-13(31)25-9-16-10-29(22(32)35-16)15-4-5-17(18(24)7-15)14-3-6-19(26-8-14)23(2)12-28-11-20(30(33)34)27-21(28)36-23/h3-8,11,16H,9-10,12H2,1-2H3,(H,25,31)/t16-,23?/m0/s1. The highest BCUT2D eigenvalue weighted by atomic mass is 19.1. The molecule has 5 rings (SSSR count). The van der Waals surface area contributed by atoms with Crippen LogP contribution >= 0.6 is 0 Å². The predicted octanol–water partition coefficient (Wildman–Crippen LogP) is 2.76. The molecular weight excluding hydrogens is 475 g/mol. The fourth-order valence-electron chi connectivity index (χ4n) is 4.23. The summed E-state index contributed by atoms with van der Waals surface area (Å²) in [5.74, 6) is -1.07. The number of halogens is 1. The van der Waals surface area contributed by atoms with Crippen LogP contribution in [0, 0.1) is 15.9 Å². The van der Waals surface area contributed by atoms with Crippen LogP contribution in [0.1, 0.15) is 19.5 Å². The molecule has 2 atom stereocenters. The van der Waals surface area contributed by atoms with Crippen LogP contribution in [0.25, 0.3) is 11.1 Å². The number of pyridine rings is 1. The summed E-state index contributed by atoms with van der Waals surface area (Å²) < 4.78 is 27.7. The molecule has 1 N–H and O–H groups in total. The number of cyclic esters (lactones) is 1. The van der Waals surface area contributed by atoms with Gasteiger partial charge in [0, 0.05) is 29.2 Å². The molecule has 36 heavy (non-hydrogen) atoms. The average Bonchev–Trinajstić information content (AvgIpc) is 3.49. The number of benzene rings is 1. The van der Waals surface area contributed by atoms with Gasteiger partial charge in [-0.05, 0) is 36.1 Å². The number of ether oxygens (including phenoxy) is 2. The Labute approximate surface area is 203 Å². The van der Waals surface area contributed by atoms with Gasteiger partial charge in [0.15, 0.2) is 5.60 Å². The van der Waals surface area contributed by atoms with Crippen molar-refractivity contribution in [3.05, 3.63) is 64.4 Å². The number of nitro groups is 1. The molecule has 2 aliphatic rings. The Kier molecular flexibility index (Phi) is 5.54. The summed E-state index contributed by atoms with van der Waals surface area (Å²) in [6.45, 7) is 3.81. The molecule has 0 bridgehead atoms. The van der Waals surface area contributed by atoms with Crippen LogP contribution in [0.2, 0.25) is 0 Å². The van der Waals surface area contributed by atoms with E-state index in [0.29, 0.717) is 22.5 Å². The van der Waals surface area contributed by atoms with Crippen molar-refractivity contribution in [2.45, 2.75) is 32.1 Å². The Balaban J connectivity index is 1.30. The quantitative estimate of drug-likeness (QED) is 0.406. The molecule has 1 fully saturated rings. The van der Waals surface area contributed by atoms with Crippen LogP contribution in [0.3, 0.4) is 0 Å². The summed E-state index contributed by atoms with van der Waals surface area (Å²) in [4.78, 5) is 43.2. The molecule has 1 saturated heterocycles. The normalized spacial score (nSPS) is 20.6. The number of anilines is 1. The fraction of sp³-hybridized carbons (Fsp3) is 0.304. The maximum absolute atomic E-state index is 15.0. The number of aromatic nitrogens is 3. The minimum Gasteiger partial charge on any atom is -0.442 e. The zero-order chi connectivity index (χ0) is 25.6. The van der Waals surface area contributed by atoms with Gasteiger partial charge in [-0.2, -0.15) is 0 Å². The Bertz CT molecular complexity index is 1350.